The zero-order valence-electron chi connectivity index (χ0n) is 9.89. The van der Waals surface area contributed by atoms with E-state index in [-0.39, 0.29) is 13.0 Å². The summed E-state index contributed by atoms with van der Waals surface area (Å²) in [7, 11) is 0. The van der Waals surface area contributed by atoms with Crippen LogP contribution in [0.15, 0.2) is 15.7 Å². The fourth-order valence-electron chi connectivity index (χ4n) is 2.92. The highest BCUT2D eigenvalue weighted by molar-refractivity contribution is 5.18. The molecule has 8 heteroatoms. The van der Waals surface area contributed by atoms with Crippen LogP contribution >= 0.6 is 0 Å². The average molecular weight is 270 g/mol. The summed E-state index contributed by atoms with van der Waals surface area (Å²) in [6.07, 6.45) is -3.90. The van der Waals surface area contributed by atoms with E-state index in [0.717, 1.165) is 4.57 Å². The summed E-state index contributed by atoms with van der Waals surface area (Å²) in [5, 5.41) is 28.9. The largest absolute Gasteiger partial charge is 0.396 e. The van der Waals surface area contributed by atoms with Gasteiger partial charge in [-0.2, -0.15) is 0 Å². The van der Waals surface area contributed by atoms with Crippen molar-refractivity contribution >= 4 is 0 Å². The molecule has 0 radical (unpaired) electrons. The molecule has 2 bridgehead atoms. The van der Waals surface area contributed by atoms with Gasteiger partial charge in [-0.1, -0.05) is 0 Å². The molecule has 1 fully saturated rings. The summed E-state index contributed by atoms with van der Waals surface area (Å²) < 4.78 is 6.60. The number of nitrogens with zero attached hydrogens (tertiary/aromatic N) is 1. The lowest BCUT2D eigenvalue weighted by Crippen LogP contribution is -2.42. The number of rotatable bonds is 2. The van der Waals surface area contributed by atoms with Crippen molar-refractivity contribution < 1.29 is 20.1 Å². The average Bonchev–Trinajstić information content (AvgIpc) is 2.60. The standard InChI is InChI=1S/C11H14N2O6/c14-2-1-4-5-3-6(15)12-11(18)13(5)10-8(17)7(16)9(4)19-10/h3-4,7-10,14,16-17H,1-2H2,(H,12,15,18)/t4-,7-,8+,9+,10+/m0/s1. The fraction of sp³-hybridized carbons (Fsp3) is 0.636. The maximum atomic E-state index is 11.8. The first-order chi connectivity index (χ1) is 9.04. The van der Waals surface area contributed by atoms with Crippen LogP contribution in [0.3, 0.4) is 0 Å². The first kappa shape index (κ1) is 12.5. The Labute approximate surface area is 106 Å². The van der Waals surface area contributed by atoms with Crippen LogP contribution in [0.5, 0.6) is 0 Å². The number of aromatic amines is 1. The van der Waals surface area contributed by atoms with E-state index in [1.165, 1.54) is 6.07 Å². The Balaban J connectivity index is 2.22. The van der Waals surface area contributed by atoms with Gasteiger partial charge in [-0.25, -0.2) is 4.79 Å². The Bertz CT molecular complexity index is 608. The van der Waals surface area contributed by atoms with Gasteiger partial charge in [0.05, 0.1) is 6.10 Å². The van der Waals surface area contributed by atoms with E-state index in [1.54, 1.807) is 0 Å². The van der Waals surface area contributed by atoms with Crippen molar-refractivity contribution in [1.29, 1.82) is 0 Å². The van der Waals surface area contributed by atoms with Crippen molar-refractivity contribution in [2.75, 3.05) is 6.61 Å². The molecule has 104 valence electrons. The van der Waals surface area contributed by atoms with Gasteiger partial charge in [0, 0.05) is 24.3 Å². The van der Waals surface area contributed by atoms with E-state index in [1.807, 2.05) is 0 Å². The third-order valence-corrected chi connectivity index (χ3v) is 3.75. The van der Waals surface area contributed by atoms with Crippen LogP contribution in [0.4, 0.5) is 0 Å². The van der Waals surface area contributed by atoms with Crippen LogP contribution in [0.2, 0.25) is 0 Å². The summed E-state index contributed by atoms with van der Waals surface area (Å²) in [5.41, 5.74) is -0.869. The van der Waals surface area contributed by atoms with Crippen molar-refractivity contribution in [3.8, 4) is 0 Å². The van der Waals surface area contributed by atoms with Crippen molar-refractivity contribution in [2.24, 2.45) is 0 Å². The number of hydrogen-bond donors (Lipinski definition) is 4. The van der Waals surface area contributed by atoms with E-state index < -0.39 is 41.7 Å². The number of hydrogen-bond acceptors (Lipinski definition) is 6. The Kier molecular flexibility index (Phi) is 2.82. The lowest BCUT2D eigenvalue weighted by molar-refractivity contribution is -0.0729. The second-order valence-corrected chi connectivity index (χ2v) is 4.82. The highest BCUT2D eigenvalue weighted by atomic mass is 16.6. The minimum atomic E-state index is -1.24. The van der Waals surface area contributed by atoms with Gasteiger partial charge in [0.25, 0.3) is 5.56 Å². The number of fused-ring (bicyclic) bond motifs is 4. The molecule has 19 heavy (non-hydrogen) atoms. The van der Waals surface area contributed by atoms with Crippen molar-refractivity contribution in [1.82, 2.24) is 9.55 Å². The quantitative estimate of drug-likeness (QED) is 0.476. The highest BCUT2D eigenvalue weighted by Gasteiger charge is 2.52. The molecule has 0 aliphatic carbocycles. The maximum absolute atomic E-state index is 11.8. The zero-order valence-corrected chi connectivity index (χ0v) is 9.89. The first-order valence-electron chi connectivity index (χ1n) is 6.03. The molecule has 4 N–H and O–H groups in total. The molecule has 5 atom stereocenters. The summed E-state index contributed by atoms with van der Waals surface area (Å²) in [5.74, 6) is -0.511. The number of aliphatic hydroxyl groups excluding tert-OH is 3. The molecule has 1 saturated heterocycles. The molecule has 0 spiro atoms. The van der Waals surface area contributed by atoms with Crippen LogP contribution in [0, 0.1) is 0 Å². The van der Waals surface area contributed by atoms with E-state index in [4.69, 9.17) is 9.84 Å². The van der Waals surface area contributed by atoms with Gasteiger partial charge in [0.15, 0.2) is 6.23 Å². The maximum Gasteiger partial charge on any atom is 0.330 e. The molecule has 8 nitrogen and oxygen atoms in total. The van der Waals surface area contributed by atoms with E-state index >= 15 is 0 Å². The molecule has 0 amide bonds. The van der Waals surface area contributed by atoms with Crippen molar-refractivity contribution in [3.63, 3.8) is 0 Å². The van der Waals surface area contributed by atoms with E-state index in [2.05, 4.69) is 4.98 Å². The molecule has 2 aliphatic heterocycles. The van der Waals surface area contributed by atoms with Gasteiger partial charge in [-0.05, 0) is 6.42 Å². The number of aliphatic hydroxyl groups is 3. The van der Waals surface area contributed by atoms with Gasteiger partial charge in [0.2, 0.25) is 0 Å². The zero-order chi connectivity index (χ0) is 13.7. The van der Waals surface area contributed by atoms with Gasteiger partial charge in [0.1, 0.15) is 12.2 Å². The molecular weight excluding hydrogens is 256 g/mol. The summed E-state index contributed by atoms with van der Waals surface area (Å²) in [6.45, 7) is -0.182. The van der Waals surface area contributed by atoms with Crippen molar-refractivity contribution in [2.45, 2.75) is 36.9 Å². The molecule has 0 saturated carbocycles. The smallest absolute Gasteiger partial charge is 0.330 e. The molecule has 2 aliphatic rings. The Morgan fingerprint density at radius 1 is 1.32 bits per heavy atom. The Morgan fingerprint density at radius 3 is 2.74 bits per heavy atom. The lowest BCUT2D eigenvalue weighted by Gasteiger charge is -2.32. The van der Waals surface area contributed by atoms with Gasteiger partial charge in [-0.15, -0.1) is 0 Å². The number of aromatic nitrogens is 2. The number of H-pyrrole nitrogens is 1. The molecule has 0 unspecified atom stereocenters. The van der Waals surface area contributed by atoms with E-state index in [9.17, 15) is 19.8 Å². The van der Waals surface area contributed by atoms with Gasteiger partial charge in [-0.3, -0.25) is 14.3 Å². The summed E-state index contributed by atoms with van der Waals surface area (Å²) in [4.78, 5) is 25.4. The van der Waals surface area contributed by atoms with Crippen LogP contribution < -0.4 is 11.2 Å². The monoisotopic (exact) mass is 270 g/mol. The summed E-state index contributed by atoms with van der Waals surface area (Å²) >= 11 is 0. The second-order valence-electron chi connectivity index (χ2n) is 4.82. The molecule has 1 aromatic heterocycles. The molecule has 3 heterocycles. The van der Waals surface area contributed by atoms with Crippen LogP contribution in [-0.4, -0.2) is 49.8 Å². The fourth-order valence-corrected chi connectivity index (χ4v) is 2.92. The van der Waals surface area contributed by atoms with E-state index in [0.29, 0.717) is 5.69 Å². The summed E-state index contributed by atoms with van der Waals surface area (Å²) in [6, 6.07) is 1.25. The third kappa shape index (κ3) is 1.68. The minimum Gasteiger partial charge on any atom is -0.396 e. The van der Waals surface area contributed by atoms with Crippen LogP contribution in [-0.2, 0) is 4.74 Å². The molecule has 1 aromatic rings. The SMILES string of the molecule is O=c1cc2n(c(=O)[nH]1)[C@@H]1O[C@@H]([C@@H](O)[C@H]1O)[C@H]2CCO. The van der Waals surface area contributed by atoms with Gasteiger partial charge >= 0.3 is 5.69 Å². The normalized spacial score (nSPS) is 36.3. The third-order valence-electron chi connectivity index (χ3n) is 3.75. The first-order valence-corrected chi connectivity index (χ1v) is 6.03. The highest BCUT2D eigenvalue weighted by Crippen LogP contribution is 2.43. The Morgan fingerprint density at radius 2 is 2.05 bits per heavy atom. The predicted molar refractivity (Wildman–Crippen MR) is 61.7 cm³/mol. The van der Waals surface area contributed by atoms with Crippen LogP contribution in [0.1, 0.15) is 24.3 Å². The molecule has 0 aromatic carbocycles. The predicted octanol–water partition coefficient (Wildman–Crippen LogP) is -2.36. The number of nitrogens with one attached hydrogen (secondary N) is 1. The van der Waals surface area contributed by atoms with Gasteiger partial charge < -0.3 is 20.1 Å². The topological polar surface area (TPSA) is 125 Å². The molecule has 3 rings (SSSR count). The van der Waals surface area contributed by atoms with Crippen LogP contribution in [0.25, 0.3) is 0 Å². The minimum absolute atomic E-state index is 0.182. The van der Waals surface area contributed by atoms with Crippen molar-refractivity contribution in [3.05, 3.63) is 32.6 Å². The lowest BCUT2D eigenvalue weighted by atomic mass is 9.91. The molecular formula is C11H14N2O6. The number of ether oxygens (including phenoxy) is 1. The second kappa shape index (κ2) is 4.27. The Hall–Kier alpha value is -1.48.